The monoisotopic (exact) mass is 269 g/mol. The van der Waals surface area contributed by atoms with Crippen molar-refractivity contribution in [3.05, 3.63) is 71.8 Å². The molecule has 1 amide bonds. The lowest BCUT2D eigenvalue weighted by Crippen LogP contribution is -2.34. The number of carbonyl (C=O) groups is 2. The first-order valence-corrected chi connectivity index (χ1v) is 6.21. The Morgan fingerprint density at radius 1 is 0.950 bits per heavy atom. The van der Waals surface area contributed by atoms with Crippen molar-refractivity contribution >= 4 is 11.9 Å². The number of hydrogen-bond acceptors (Lipinski definition) is 3. The van der Waals surface area contributed by atoms with Crippen molar-refractivity contribution in [2.75, 3.05) is 7.11 Å². The number of nitrogens with one attached hydrogen (secondary N) is 1. The maximum atomic E-state index is 12.1. The van der Waals surface area contributed by atoms with Gasteiger partial charge in [0, 0.05) is 5.56 Å². The molecule has 0 aliphatic carbocycles. The summed E-state index contributed by atoms with van der Waals surface area (Å²) < 4.78 is 4.75. The minimum absolute atomic E-state index is 0.315. The van der Waals surface area contributed by atoms with Crippen LogP contribution in [0.25, 0.3) is 0 Å². The topological polar surface area (TPSA) is 55.4 Å². The molecule has 1 atom stereocenters. The van der Waals surface area contributed by atoms with Gasteiger partial charge in [0.1, 0.15) is 0 Å². The molecule has 2 rings (SSSR count). The van der Waals surface area contributed by atoms with E-state index >= 15 is 0 Å². The van der Waals surface area contributed by atoms with Gasteiger partial charge in [-0.1, -0.05) is 48.5 Å². The highest BCUT2D eigenvalue weighted by atomic mass is 16.5. The molecule has 0 saturated carbocycles. The van der Waals surface area contributed by atoms with E-state index in [4.69, 9.17) is 4.74 Å². The summed E-state index contributed by atoms with van der Waals surface area (Å²) in [6.45, 7) is 0. The molecule has 0 heterocycles. The Hall–Kier alpha value is -2.62. The SMILES string of the molecule is COC(=O)[C@H](NC(=O)c1ccccc1)c1ccccc1. The molecule has 102 valence electrons. The maximum Gasteiger partial charge on any atom is 0.333 e. The first-order valence-electron chi connectivity index (χ1n) is 6.21. The van der Waals surface area contributed by atoms with E-state index in [9.17, 15) is 9.59 Å². The van der Waals surface area contributed by atoms with Gasteiger partial charge in [-0.2, -0.15) is 0 Å². The van der Waals surface area contributed by atoms with Crippen LogP contribution in [0.5, 0.6) is 0 Å². The van der Waals surface area contributed by atoms with Gasteiger partial charge < -0.3 is 10.1 Å². The molecule has 0 spiro atoms. The van der Waals surface area contributed by atoms with E-state index in [-0.39, 0.29) is 5.91 Å². The van der Waals surface area contributed by atoms with Gasteiger partial charge in [0.25, 0.3) is 5.91 Å². The van der Waals surface area contributed by atoms with Crippen LogP contribution in [0, 0.1) is 0 Å². The largest absolute Gasteiger partial charge is 0.467 e. The third kappa shape index (κ3) is 3.23. The summed E-state index contributed by atoms with van der Waals surface area (Å²) >= 11 is 0. The highest BCUT2D eigenvalue weighted by Gasteiger charge is 2.23. The Morgan fingerprint density at radius 2 is 1.50 bits per heavy atom. The standard InChI is InChI=1S/C16H15NO3/c1-20-16(19)14(12-8-4-2-5-9-12)17-15(18)13-10-6-3-7-11-13/h2-11,14H,1H3,(H,17,18)/t14-/m1/s1. The molecule has 0 radical (unpaired) electrons. The van der Waals surface area contributed by atoms with Crippen molar-refractivity contribution in [2.45, 2.75) is 6.04 Å². The third-order valence-corrected chi connectivity index (χ3v) is 2.88. The van der Waals surface area contributed by atoms with Crippen LogP contribution in [0.2, 0.25) is 0 Å². The maximum absolute atomic E-state index is 12.1. The van der Waals surface area contributed by atoms with Crippen molar-refractivity contribution in [2.24, 2.45) is 0 Å². The number of rotatable bonds is 4. The second-order valence-corrected chi connectivity index (χ2v) is 4.21. The van der Waals surface area contributed by atoms with Crippen molar-refractivity contribution in [1.82, 2.24) is 5.32 Å². The molecular weight excluding hydrogens is 254 g/mol. The van der Waals surface area contributed by atoms with Crippen LogP contribution in [-0.2, 0) is 9.53 Å². The molecule has 0 unspecified atom stereocenters. The fourth-order valence-electron chi connectivity index (χ4n) is 1.85. The quantitative estimate of drug-likeness (QED) is 0.867. The van der Waals surface area contributed by atoms with Gasteiger partial charge in [0.15, 0.2) is 6.04 Å². The lowest BCUT2D eigenvalue weighted by molar-refractivity contribution is -0.143. The van der Waals surface area contributed by atoms with Crippen LogP contribution in [-0.4, -0.2) is 19.0 Å². The van der Waals surface area contributed by atoms with E-state index < -0.39 is 12.0 Å². The fourth-order valence-corrected chi connectivity index (χ4v) is 1.85. The summed E-state index contributed by atoms with van der Waals surface area (Å²) in [5, 5.41) is 2.69. The molecule has 0 fully saturated rings. The smallest absolute Gasteiger partial charge is 0.333 e. The van der Waals surface area contributed by atoms with Crippen molar-refractivity contribution in [3.8, 4) is 0 Å². The summed E-state index contributed by atoms with van der Waals surface area (Å²) in [7, 11) is 1.30. The normalized spacial score (nSPS) is 11.4. The lowest BCUT2D eigenvalue weighted by Gasteiger charge is -2.16. The molecule has 20 heavy (non-hydrogen) atoms. The highest BCUT2D eigenvalue weighted by molar-refractivity contribution is 5.97. The highest BCUT2D eigenvalue weighted by Crippen LogP contribution is 2.15. The van der Waals surface area contributed by atoms with E-state index in [2.05, 4.69) is 5.32 Å². The van der Waals surface area contributed by atoms with Crippen LogP contribution < -0.4 is 5.32 Å². The van der Waals surface area contributed by atoms with E-state index in [1.165, 1.54) is 7.11 Å². The van der Waals surface area contributed by atoms with Gasteiger partial charge in [-0.05, 0) is 17.7 Å². The minimum atomic E-state index is -0.811. The molecule has 4 heteroatoms. The lowest BCUT2D eigenvalue weighted by atomic mass is 10.1. The zero-order valence-corrected chi connectivity index (χ0v) is 11.1. The first kappa shape index (κ1) is 13.8. The van der Waals surface area contributed by atoms with E-state index in [1.807, 2.05) is 12.1 Å². The zero-order chi connectivity index (χ0) is 14.4. The second kappa shape index (κ2) is 6.52. The Bertz CT molecular complexity index is 581. The Kier molecular flexibility index (Phi) is 4.50. The van der Waals surface area contributed by atoms with Gasteiger partial charge in [0.2, 0.25) is 0 Å². The average molecular weight is 269 g/mol. The number of hydrogen-bond donors (Lipinski definition) is 1. The molecule has 0 aliphatic heterocycles. The van der Waals surface area contributed by atoms with Gasteiger partial charge in [0.05, 0.1) is 7.11 Å². The Labute approximate surface area is 117 Å². The van der Waals surface area contributed by atoms with Gasteiger partial charge in [-0.3, -0.25) is 4.79 Å². The molecule has 0 bridgehead atoms. The predicted octanol–water partition coefficient (Wildman–Crippen LogP) is 2.33. The molecule has 0 aromatic heterocycles. The summed E-state index contributed by atoms with van der Waals surface area (Å²) in [6, 6.07) is 16.9. The fraction of sp³-hybridized carbons (Fsp3) is 0.125. The van der Waals surface area contributed by atoms with Crippen LogP contribution in [0.15, 0.2) is 60.7 Å². The Morgan fingerprint density at radius 3 is 2.05 bits per heavy atom. The van der Waals surface area contributed by atoms with Crippen LogP contribution in [0.1, 0.15) is 22.0 Å². The number of methoxy groups -OCH3 is 1. The molecule has 0 aliphatic rings. The molecule has 1 N–H and O–H groups in total. The van der Waals surface area contributed by atoms with Crippen molar-refractivity contribution in [3.63, 3.8) is 0 Å². The summed E-state index contributed by atoms with van der Waals surface area (Å²) in [6.07, 6.45) is 0. The first-order chi connectivity index (χ1) is 9.72. The molecule has 2 aromatic rings. The van der Waals surface area contributed by atoms with Crippen LogP contribution >= 0.6 is 0 Å². The number of amides is 1. The molecular formula is C16H15NO3. The predicted molar refractivity (Wildman–Crippen MR) is 75.1 cm³/mol. The third-order valence-electron chi connectivity index (χ3n) is 2.88. The second-order valence-electron chi connectivity index (χ2n) is 4.21. The van der Waals surface area contributed by atoms with Crippen molar-refractivity contribution in [1.29, 1.82) is 0 Å². The van der Waals surface area contributed by atoms with Gasteiger partial charge in [-0.15, -0.1) is 0 Å². The Balaban J connectivity index is 2.21. The number of carbonyl (C=O) groups excluding carboxylic acids is 2. The van der Waals surface area contributed by atoms with Crippen LogP contribution in [0.4, 0.5) is 0 Å². The van der Waals surface area contributed by atoms with Gasteiger partial charge in [-0.25, -0.2) is 4.79 Å². The van der Waals surface area contributed by atoms with Crippen molar-refractivity contribution < 1.29 is 14.3 Å². The molecule has 0 saturated heterocycles. The number of esters is 1. The molecule has 4 nitrogen and oxygen atoms in total. The molecule has 2 aromatic carbocycles. The summed E-state index contributed by atoms with van der Waals surface area (Å²) in [5.74, 6) is -0.815. The van der Waals surface area contributed by atoms with E-state index in [0.29, 0.717) is 11.1 Å². The average Bonchev–Trinajstić information content (AvgIpc) is 2.53. The summed E-state index contributed by atoms with van der Waals surface area (Å²) in [4.78, 5) is 24.0. The number of benzene rings is 2. The van der Waals surface area contributed by atoms with E-state index in [1.54, 1.807) is 48.5 Å². The number of ether oxygens (including phenoxy) is 1. The van der Waals surface area contributed by atoms with E-state index in [0.717, 1.165) is 0 Å². The van der Waals surface area contributed by atoms with Gasteiger partial charge >= 0.3 is 5.97 Å². The van der Waals surface area contributed by atoms with Crippen LogP contribution in [0.3, 0.4) is 0 Å². The minimum Gasteiger partial charge on any atom is -0.467 e. The zero-order valence-electron chi connectivity index (χ0n) is 11.1. The summed E-state index contributed by atoms with van der Waals surface area (Å²) in [5.41, 5.74) is 1.18.